The summed E-state index contributed by atoms with van der Waals surface area (Å²) in [5.41, 5.74) is 2.31. The van der Waals surface area contributed by atoms with Gasteiger partial charge in [-0.2, -0.15) is 0 Å². The Bertz CT molecular complexity index is 1580. The number of ketones is 1. The molecule has 0 radical (unpaired) electrons. The topological polar surface area (TPSA) is 75.7 Å². The van der Waals surface area contributed by atoms with Crippen molar-refractivity contribution in [2.24, 2.45) is 0 Å². The third-order valence-corrected chi connectivity index (χ3v) is 8.96. The van der Waals surface area contributed by atoms with Crippen LogP contribution in [0.25, 0.3) is 10.8 Å². The zero-order valence-electron chi connectivity index (χ0n) is 25.0. The van der Waals surface area contributed by atoms with Crippen LogP contribution >= 0.6 is 0 Å². The molecule has 0 spiro atoms. The van der Waals surface area contributed by atoms with Gasteiger partial charge in [0.2, 0.25) is 10.0 Å². The average molecular weight is 589 g/mol. The molecule has 42 heavy (non-hydrogen) atoms. The number of hydrogen-bond donors (Lipinski definition) is 1. The fraction of sp³-hybridized carbons (Fsp3) is 0.324. The smallest absolute Gasteiger partial charge is 0.241 e. The van der Waals surface area contributed by atoms with E-state index in [2.05, 4.69) is 18.8 Å². The number of rotatable bonds is 15. The largest absolute Gasteiger partial charge is 0.494 e. The first-order valence-corrected chi connectivity index (χ1v) is 15.9. The lowest BCUT2D eigenvalue weighted by molar-refractivity contribution is -0.890. The van der Waals surface area contributed by atoms with E-state index in [4.69, 9.17) is 4.74 Å². The summed E-state index contributed by atoms with van der Waals surface area (Å²) >= 11 is 0. The van der Waals surface area contributed by atoms with Gasteiger partial charge in [0.25, 0.3) is 0 Å². The second-order valence-electron chi connectivity index (χ2n) is 11.4. The van der Waals surface area contributed by atoms with Crippen molar-refractivity contribution in [1.29, 1.82) is 0 Å². The predicted molar refractivity (Wildman–Crippen MR) is 171 cm³/mol. The van der Waals surface area contributed by atoms with Gasteiger partial charge < -0.3 is 14.1 Å². The molecule has 8 heteroatoms. The van der Waals surface area contributed by atoms with Crippen LogP contribution in [0.4, 0.5) is 5.69 Å². The number of nitrogens with one attached hydrogen (secondary N) is 1. The van der Waals surface area contributed by atoms with E-state index in [1.165, 1.54) is 0 Å². The Hall–Kier alpha value is -3.72. The van der Waals surface area contributed by atoms with Crippen LogP contribution in [0.3, 0.4) is 0 Å². The van der Waals surface area contributed by atoms with Gasteiger partial charge in [0.15, 0.2) is 5.78 Å². The molecule has 0 aliphatic rings. The second-order valence-corrected chi connectivity index (χ2v) is 13.2. The van der Waals surface area contributed by atoms with Crippen LogP contribution in [0.15, 0.2) is 95.9 Å². The van der Waals surface area contributed by atoms with Gasteiger partial charge >= 0.3 is 0 Å². The van der Waals surface area contributed by atoms with E-state index >= 15 is 0 Å². The summed E-state index contributed by atoms with van der Waals surface area (Å²) in [5, 5.41) is 1.65. The number of fused-ring (bicyclic) bond motifs is 1. The molecule has 0 saturated carbocycles. The summed E-state index contributed by atoms with van der Waals surface area (Å²) < 4.78 is 35.8. The molecule has 0 unspecified atom stereocenters. The van der Waals surface area contributed by atoms with E-state index in [0.29, 0.717) is 29.2 Å². The van der Waals surface area contributed by atoms with E-state index < -0.39 is 10.0 Å². The molecule has 0 saturated heterocycles. The highest BCUT2D eigenvalue weighted by molar-refractivity contribution is 7.89. The van der Waals surface area contributed by atoms with Gasteiger partial charge in [0.05, 0.1) is 38.7 Å². The van der Waals surface area contributed by atoms with Crippen molar-refractivity contribution < 1.29 is 22.4 Å². The Morgan fingerprint density at radius 2 is 1.40 bits per heavy atom. The lowest BCUT2D eigenvalue weighted by atomic mass is 10.0. The number of carbonyl (C=O) groups is 1. The van der Waals surface area contributed by atoms with Crippen LogP contribution in [-0.2, 0) is 10.0 Å². The summed E-state index contributed by atoms with van der Waals surface area (Å²) in [6.45, 7) is 2.82. The van der Waals surface area contributed by atoms with Gasteiger partial charge in [-0.15, -0.1) is 0 Å². The van der Waals surface area contributed by atoms with Crippen molar-refractivity contribution in [3.8, 4) is 5.75 Å². The summed E-state index contributed by atoms with van der Waals surface area (Å²) in [5.74, 6) is 0.756. The molecule has 1 N–H and O–H groups in total. The maximum atomic E-state index is 13.2. The number of sulfonamides is 1. The number of nitrogens with zero attached hydrogens (tertiary/aromatic N) is 2. The highest BCUT2D eigenvalue weighted by Crippen LogP contribution is 2.30. The van der Waals surface area contributed by atoms with Crippen molar-refractivity contribution in [2.75, 3.05) is 59.3 Å². The molecule has 0 aliphatic heterocycles. The van der Waals surface area contributed by atoms with Crippen LogP contribution < -0.4 is 14.4 Å². The zero-order valence-corrected chi connectivity index (χ0v) is 25.9. The molecule has 0 amide bonds. The third-order valence-electron chi connectivity index (χ3n) is 7.44. The monoisotopic (exact) mass is 588 g/mol. The van der Waals surface area contributed by atoms with Gasteiger partial charge in [-0.25, -0.2) is 13.1 Å². The number of carbonyl (C=O) groups excluding carboxylic acids is 1. The molecule has 4 aromatic carbocycles. The normalized spacial score (nSPS) is 11.9. The first kappa shape index (κ1) is 31.2. The van der Waals surface area contributed by atoms with Crippen molar-refractivity contribution >= 4 is 32.3 Å². The molecule has 222 valence electrons. The highest BCUT2D eigenvalue weighted by Gasteiger charge is 2.20. The Balaban J connectivity index is 1.18. The molecular formula is C34H42N3O4S+. The summed E-state index contributed by atoms with van der Waals surface area (Å²) in [4.78, 5) is 14.9. The lowest BCUT2D eigenvalue weighted by Crippen LogP contribution is -2.42. The summed E-state index contributed by atoms with van der Waals surface area (Å²) in [6.07, 6.45) is 2.65. The van der Waals surface area contributed by atoms with E-state index in [1.807, 2.05) is 85.7 Å². The summed E-state index contributed by atoms with van der Waals surface area (Å²) in [6, 6.07) is 27.7. The zero-order chi connectivity index (χ0) is 30.2. The Kier molecular flexibility index (Phi) is 10.4. The molecule has 0 bridgehead atoms. The molecule has 0 atom stereocenters. The molecule has 0 heterocycles. The molecule has 0 fully saturated rings. The van der Waals surface area contributed by atoms with Gasteiger partial charge in [0.1, 0.15) is 5.75 Å². The van der Waals surface area contributed by atoms with E-state index in [0.717, 1.165) is 59.0 Å². The quantitative estimate of drug-likeness (QED) is 0.109. The Morgan fingerprint density at radius 1 is 0.762 bits per heavy atom. The average Bonchev–Trinajstić information content (AvgIpc) is 2.99. The van der Waals surface area contributed by atoms with Crippen LogP contribution in [-0.4, -0.2) is 73.1 Å². The van der Waals surface area contributed by atoms with Gasteiger partial charge in [-0.3, -0.25) is 4.79 Å². The van der Waals surface area contributed by atoms with Crippen LogP contribution in [0.2, 0.25) is 0 Å². The van der Waals surface area contributed by atoms with Crippen LogP contribution in [0, 0.1) is 0 Å². The number of quaternary nitrogens is 1. The third kappa shape index (κ3) is 8.18. The first-order valence-electron chi connectivity index (χ1n) is 14.4. The van der Waals surface area contributed by atoms with Crippen molar-refractivity contribution in [3.05, 3.63) is 102 Å². The Morgan fingerprint density at radius 3 is 2.12 bits per heavy atom. The van der Waals surface area contributed by atoms with Crippen molar-refractivity contribution in [1.82, 2.24) is 4.72 Å². The van der Waals surface area contributed by atoms with Gasteiger partial charge in [-0.1, -0.05) is 54.6 Å². The van der Waals surface area contributed by atoms with Crippen molar-refractivity contribution in [3.63, 3.8) is 0 Å². The van der Waals surface area contributed by atoms with E-state index in [-0.39, 0.29) is 5.78 Å². The standard InChI is InChI=1S/C34H42N3O4S/c1-36(2)32-17-10-16-31-30(32)15-11-18-33(31)42(39,40)35-23-12-25-37(3,4)24-8-9-26-41-29-21-19-28(20-22-29)34(38)27-13-6-5-7-14-27/h5-7,10-11,13-22,35H,8-9,12,23-26H2,1-4H3/q+1. The Labute approximate surface area is 250 Å². The van der Waals surface area contributed by atoms with E-state index in [1.54, 1.807) is 24.3 Å². The number of benzene rings is 4. The predicted octanol–water partition coefficient (Wildman–Crippen LogP) is 5.74. The minimum atomic E-state index is -3.63. The number of ether oxygens (including phenoxy) is 1. The number of anilines is 1. The highest BCUT2D eigenvalue weighted by atomic mass is 32.2. The molecule has 0 aliphatic carbocycles. The maximum absolute atomic E-state index is 13.2. The van der Waals surface area contributed by atoms with Gasteiger partial charge in [0, 0.05) is 54.6 Å². The van der Waals surface area contributed by atoms with Crippen LogP contribution in [0.1, 0.15) is 35.2 Å². The number of unbranched alkanes of at least 4 members (excludes halogenated alkanes) is 1. The fourth-order valence-corrected chi connectivity index (χ4v) is 6.38. The minimum absolute atomic E-state index is 0.00195. The SMILES string of the molecule is CN(C)c1cccc2c(S(=O)(=O)NCCC[N+](C)(C)CCCCOc3ccc(C(=O)c4ccccc4)cc3)cccc12. The van der Waals surface area contributed by atoms with Crippen molar-refractivity contribution in [2.45, 2.75) is 24.2 Å². The van der Waals surface area contributed by atoms with Crippen LogP contribution in [0.5, 0.6) is 5.75 Å². The molecule has 7 nitrogen and oxygen atoms in total. The first-order chi connectivity index (χ1) is 20.1. The molecule has 0 aromatic heterocycles. The fourth-order valence-electron chi connectivity index (χ4n) is 5.08. The molecule has 4 rings (SSSR count). The lowest BCUT2D eigenvalue weighted by Gasteiger charge is -2.30. The maximum Gasteiger partial charge on any atom is 0.241 e. The second kappa shape index (κ2) is 14.0. The number of hydrogen-bond acceptors (Lipinski definition) is 5. The summed E-state index contributed by atoms with van der Waals surface area (Å²) in [7, 11) is 4.62. The van der Waals surface area contributed by atoms with E-state index in [9.17, 15) is 13.2 Å². The molecular weight excluding hydrogens is 546 g/mol. The van der Waals surface area contributed by atoms with Gasteiger partial charge in [-0.05, 0) is 49.2 Å². The molecule has 4 aromatic rings. The minimum Gasteiger partial charge on any atom is -0.494 e.